The van der Waals surface area contributed by atoms with Crippen LogP contribution in [0.2, 0.25) is 0 Å². The molecule has 1 aromatic heterocycles. The number of hydrogen-bond acceptors (Lipinski definition) is 7. The van der Waals surface area contributed by atoms with Crippen molar-refractivity contribution in [3.63, 3.8) is 0 Å². The molecule has 0 amide bonds. The number of hydrogen-bond donors (Lipinski definition) is 1. The van der Waals surface area contributed by atoms with E-state index in [1.807, 2.05) is 37.3 Å². The lowest BCUT2D eigenvalue weighted by Crippen LogP contribution is -2.41. The fraction of sp³-hybridized carbons (Fsp3) is 0.200. The second-order valence-corrected chi connectivity index (χ2v) is 12.0. The molecule has 0 spiro atoms. The molecule has 11 heteroatoms. The molecule has 1 aliphatic rings. The van der Waals surface area contributed by atoms with Crippen LogP contribution in [0.3, 0.4) is 0 Å². The average molecular weight is 525 g/mol. The summed E-state index contributed by atoms with van der Waals surface area (Å²) in [5.41, 5.74) is 3.61. The molecule has 1 saturated heterocycles. The first-order chi connectivity index (χ1) is 17.1. The minimum absolute atomic E-state index is 0.0565. The Labute approximate surface area is 209 Å². The van der Waals surface area contributed by atoms with E-state index < -0.39 is 26.0 Å². The van der Waals surface area contributed by atoms with Crippen LogP contribution in [0.25, 0.3) is 22.3 Å². The summed E-state index contributed by atoms with van der Waals surface area (Å²) in [6.07, 6.45) is 1.74. The van der Waals surface area contributed by atoms with Gasteiger partial charge in [-0.05, 0) is 61.4 Å². The molecule has 0 aliphatic carbocycles. The summed E-state index contributed by atoms with van der Waals surface area (Å²) in [6.45, 7) is 4.00. The molecular weight excluding hydrogens is 500 g/mol. The second kappa shape index (κ2) is 9.16. The van der Waals surface area contributed by atoms with Gasteiger partial charge in [0.1, 0.15) is 0 Å². The average Bonchev–Trinajstić information content (AvgIpc) is 2.84. The van der Waals surface area contributed by atoms with Crippen LogP contribution in [0.4, 0.5) is 11.4 Å². The predicted octanol–water partition coefficient (Wildman–Crippen LogP) is 3.84. The van der Waals surface area contributed by atoms with Gasteiger partial charge in [-0.3, -0.25) is 9.03 Å². The van der Waals surface area contributed by atoms with E-state index in [1.54, 1.807) is 31.3 Å². The van der Waals surface area contributed by atoms with Gasteiger partial charge in [-0.2, -0.15) is 0 Å². The van der Waals surface area contributed by atoms with E-state index in [9.17, 15) is 16.8 Å². The lowest BCUT2D eigenvalue weighted by molar-refractivity contribution is 0.175. The van der Waals surface area contributed by atoms with E-state index >= 15 is 0 Å². The molecule has 3 aromatic carbocycles. The summed E-state index contributed by atoms with van der Waals surface area (Å²) in [4.78, 5) is 9.15. The van der Waals surface area contributed by atoms with Crippen molar-refractivity contribution in [3.8, 4) is 11.4 Å². The van der Waals surface area contributed by atoms with Crippen LogP contribution in [0.1, 0.15) is 11.1 Å². The summed E-state index contributed by atoms with van der Waals surface area (Å²) in [7, 11) is -7.56. The molecule has 1 aliphatic heterocycles. The van der Waals surface area contributed by atoms with Crippen molar-refractivity contribution in [3.05, 3.63) is 78.0 Å². The van der Waals surface area contributed by atoms with Crippen LogP contribution in [-0.2, 0) is 24.8 Å². The molecule has 186 valence electrons. The minimum atomic E-state index is -3.95. The smallest absolute Gasteiger partial charge is 0.262 e. The summed E-state index contributed by atoms with van der Waals surface area (Å²) in [6, 6.07) is 17.3. The van der Waals surface area contributed by atoms with Crippen molar-refractivity contribution >= 4 is 42.3 Å². The van der Waals surface area contributed by atoms with Gasteiger partial charge in [0.05, 0.1) is 29.3 Å². The Bertz CT molecular complexity index is 1690. The number of fused-ring (bicyclic) bond motifs is 1. The maximum Gasteiger partial charge on any atom is 0.262 e. The molecule has 0 bridgehead atoms. The van der Waals surface area contributed by atoms with Gasteiger partial charge >= 0.3 is 0 Å². The van der Waals surface area contributed by atoms with E-state index in [0.29, 0.717) is 28.3 Å². The number of para-hydroxylation sites is 1. The highest BCUT2D eigenvalue weighted by Gasteiger charge is 2.28. The van der Waals surface area contributed by atoms with Crippen LogP contribution in [-0.4, -0.2) is 45.9 Å². The van der Waals surface area contributed by atoms with Crippen LogP contribution in [0.5, 0.6) is 0 Å². The van der Waals surface area contributed by atoms with E-state index in [-0.39, 0.29) is 18.0 Å². The second-order valence-electron chi connectivity index (χ2n) is 8.55. The molecule has 4 aromatic rings. The lowest BCUT2D eigenvalue weighted by Gasteiger charge is -2.28. The molecule has 0 atom stereocenters. The van der Waals surface area contributed by atoms with E-state index in [1.165, 1.54) is 16.4 Å². The van der Waals surface area contributed by atoms with Gasteiger partial charge in [0, 0.05) is 22.8 Å². The zero-order valence-electron chi connectivity index (χ0n) is 19.7. The first-order valence-corrected chi connectivity index (χ1v) is 14.3. The van der Waals surface area contributed by atoms with Crippen LogP contribution in [0, 0.1) is 13.8 Å². The number of rotatable bonds is 5. The van der Waals surface area contributed by atoms with Gasteiger partial charge < -0.3 is 4.74 Å². The molecule has 0 unspecified atom stereocenters. The zero-order chi connectivity index (χ0) is 25.5. The number of nitrogens with zero attached hydrogens (tertiary/aromatic N) is 3. The number of aryl methyl sites for hydroxylation is 2. The molecule has 2 heterocycles. The SMILES string of the molecule is Cc1ccc(NS(=O)(=O)c2ccc(N3CCOCS3(=O)=O)cc2C)cc1-c1ncc2ccccc2n1. The van der Waals surface area contributed by atoms with E-state index in [0.717, 1.165) is 16.5 Å². The van der Waals surface area contributed by atoms with Crippen LogP contribution < -0.4 is 9.03 Å². The highest BCUT2D eigenvalue weighted by molar-refractivity contribution is 7.93. The number of ether oxygens (including phenoxy) is 1. The third kappa shape index (κ3) is 4.64. The molecule has 0 saturated carbocycles. The van der Waals surface area contributed by atoms with Gasteiger partial charge in [-0.1, -0.05) is 24.3 Å². The number of anilines is 2. The number of aromatic nitrogens is 2. The first kappa shape index (κ1) is 24.2. The van der Waals surface area contributed by atoms with Gasteiger partial charge in [0.25, 0.3) is 20.0 Å². The fourth-order valence-electron chi connectivity index (χ4n) is 4.13. The zero-order valence-corrected chi connectivity index (χ0v) is 21.3. The van der Waals surface area contributed by atoms with Crippen molar-refractivity contribution in [2.45, 2.75) is 18.7 Å². The van der Waals surface area contributed by atoms with Crippen molar-refractivity contribution in [1.82, 2.24) is 9.97 Å². The molecule has 5 rings (SSSR count). The molecule has 1 fully saturated rings. The standard InChI is InChI=1S/C25H24N4O5S2/c1-17-7-8-20(14-22(17)25-26-15-19-5-3-4-6-23(19)27-25)28-36(32,33)24-10-9-21(13-18(24)2)29-11-12-34-16-35(29,30)31/h3-10,13-15,28H,11-12,16H2,1-2H3. The third-order valence-electron chi connectivity index (χ3n) is 5.96. The molecule has 9 nitrogen and oxygen atoms in total. The van der Waals surface area contributed by atoms with Crippen molar-refractivity contribution < 1.29 is 21.6 Å². The van der Waals surface area contributed by atoms with Gasteiger partial charge in [-0.25, -0.2) is 26.8 Å². The Morgan fingerprint density at radius 2 is 1.81 bits per heavy atom. The van der Waals surface area contributed by atoms with Gasteiger partial charge in [-0.15, -0.1) is 0 Å². The van der Waals surface area contributed by atoms with Crippen molar-refractivity contribution in [1.29, 1.82) is 0 Å². The quantitative estimate of drug-likeness (QED) is 0.421. The maximum absolute atomic E-state index is 13.3. The minimum Gasteiger partial charge on any atom is -0.362 e. The molecule has 36 heavy (non-hydrogen) atoms. The summed E-state index contributed by atoms with van der Waals surface area (Å²) in [5, 5.41) is 0.916. The lowest BCUT2D eigenvalue weighted by atomic mass is 10.1. The third-order valence-corrected chi connectivity index (χ3v) is 9.03. The highest BCUT2D eigenvalue weighted by Crippen LogP contribution is 2.29. The Morgan fingerprint density at radius 1 is 1.00 bits per heavy atom. The van der Waals surface area contributed by atoms with Gasteiger partial charge in [0.2, 0.25) is 0 Å². The highest BCUT2D eigenvalue weighted by atomic mass is 32.2. The Hall–Kier alpha value is -3.54. The fourth-order valence-corrected chi connectivity index (χ4v) is 6.65. The van der Waals surface area contributed by atoms with Crippen LogP contribution in [0.15, 0.2) is 71.8 Å². The Kier molecular flexibility index (Phi) is 6.15. The van der Waals surface area contributed by atoms with E-state index in [4.69, 9.17) is 4.74 Å². The maximum atomic E-state index is 13.3. The van der Waals surface area contributed by atoms with Crippen molar-refractivity contribution in [2.24, 2.45) is 0 Å². The van der Waals surface area contributed by atoms with Crippen molar-refractivity contribution in [2.75, 3.05) is 28.1 Å². The summed E-state index contributed by atoms with van der Waals surface area (Å²) in [5.74, 6) is 0.101. The number of nitrogens with one attached hydrogen (secondary N) is 1. The number of sulfonamides is 2. The van der Waals surface area contributed by atoms with Crippen LogP contribution >= 0.6 is 0 Å². The predicted molar refractivity (Wildman–Crippen MR) is 139 cm³/mol. The molecule has 1 N–H and O–H groups in total. The number of benzene rings is 3. The van der Waals surface area contributed by atoms with E-state index in [2.05, 4.69) is 14.7 Å². The monoisotopic (exact) mass is 524 g/mol. The molecule has 0 radical (unpaired) electrons. The Morgan fingerprint density at radius 3 is 2.58 bits per heavy atom. The van der Waals surface area contributed by atoms with Gasteiger partial charge in [0.15, 0.2) is 11.8 Å². The Balaban J connectivity index is 1.45. The summed E-state index contributed by atoms with van der Waals surface area (Å²) >= 11 is 0. The summed E-state index contributed by atoms with van der Waals surface area (Å²) < 4.78 is 60.1. The molecular formula is C25H24N4O5S2. The first-order valence-electron chi connectivity index (χ1n) is 11.2. The largest absolute Gasteiger partial charge is 0.362 e. The normalized spacial score (nSPS) is 15.7. The topological polar surface area (TPSA) is 119 Å².